The Balaban J connectivity index is 1.52. The molecule has 6 rings (SSSR count). The van der Waals surface area contributed by atoms with Crippen LogP contribution in [0, 0.1) is 6.92 Å². The third kappa shape index (κ3) is 5.73. The Labute approximate surface area is 254 Å². The van der Waals surface area contributed by atoms with Gasteiger partial charge in [0.1, 0.15) is 0 Å². The van der Waals surface area contributed by atoms with Crippen LogP contribution in [0.5, 0.6) is 0 Å². The Morgan fingerprint density at radius 3 is 1.55 bits per heavy atom. The van der Waals surface area contributed by atoms with Gasteiger partial charge < -0.3 is 0 Å². The van der Waals surface area contributed by atoms with Gasteiger partial charge in [0, 0.05) is 40.1 Å². The van der Waals surface area contributed by atoms with E-state index in [0.717, 1.165) is 45.9 Å². The highest BCUT2D eigenvalue weighted by atomic mass is 19.4. The Bertz CT molecular complexity index is 1940. The molecule has 0 bridgehead atoms. The third-order valence-electron chi connectivity index (χ3n) is 7.71. The van der Waals surface area contributed by atoms with Crippen LogP contribution in [0.2, 0.25) is 0 Å². The summed E-state index contributed by atoms with van der Waals surface area (Å²) < 4.78 is 41.1. The van der Waals surface area contributed by atoms with Crippen LogP contribution in [0.15, 0.2) is 122 Å². The van der Waals surface area contributed by atoms with Gasteiger partial charge in [0.15, 0.2) is 0 Å². The van der Waals surface area contributed by atoms with Crippen molar-refractivity contribution in [2.45, 2.75) is 32.4 Å². The molecular weight excluding hydrogens is 557 g/mol. The average Bonchev–Trinajstić information content (AvgIpc) is 3.04. The van der Waals surface area contributed by atoms with E-state index in [4.69, 9.17) is 9.97 Å². The number of hydrogen-bond donors (Lipinski definition) is 0. The minimum atomic E-state index is -4.48. The van der Waals surface area contributed by atoms with E-state index < -0.39 is 17.2 Å². The molecule has 0 fully saturated rings. The summed E-state index contributed by atoms with van der Waals surface area (Å²) in [7, 11) is 0. The molecule has 0 unspecified atom stereocenters. The van der Waals surface area contributed by atoms with Gasteiger partial charge in [0.05, 0.1) is 39.7 Å². The van der Waals surface area contributed by atoms with E-state index in [1.807, 2.05) is 93.6 Å². The third-order valence-corrected chi connectivity index (χ3v) is 7.71. The zero-order valence-corrected chi connectivity index (χ0v) is 24.5. The molecule has 0 aliphatic carbocycles. The number of benzene rings is 2. The molecule has 0 atom stereocenters. The van der Waals surface area contributed by atoms with Crippen molar-refractivity contribution >= 4 is 0 Å². The normalized spacial score (nSPS) is 11.9. The maximum Gasteiger partial charge on any atom is 0.416 e. The molecule has 0 N–H and O–H groups in total. The first kappa shape index (κ1) is 28.9. The average molecular weight is 587 g/mol. The van der Waals surface area contributed by atoms with Crippen LogP contribution in [0.25, 0.3) is 45.0 Å². The fourth-order valence-corrected chi connectivity index (χ4v) is 5.28. The molecule has 0 spiro atoms. The molecular formula is C37H29F3N4. The van der Waals surface area contributed by atoms with Crippen molar-refractivity contribution < 1.29 is 13.2 Å². The smallest absolute Gasteiger partial charge is 0.256 e. The zero-order chi connectivity index (χ0) is 30.9. The summed E-state index contributed by atoms with van der Waals surface area (Å²) in [6.07, 6.45) is -1.07. The Kier molecular flexibility index (Phi) is 7.55. The Morgan fingerprint density at radius 2 is 1.07 bits per heavy atom. The first-order valence-electron chi connectivity index (χ1n) is 14.2. The number of aryl methyl sites for hydroxylation is 1. The number of aromatic nitrogens is 4. The summed E-state index contributed by atoms with van der Waals surface area (Å²) in [6.45, 7) is 6.09. The van der Waals surface area contributed by atoms with Crippen molar-refractivity contribution in [3.05, 3.63) is 144 Å². The molecule has 0 radical (unpaired) electrons. The second kappa shape index (κ2) is 11.5. The topological polar surface area (TPSA) is 51.6 Å². The molecule has 218 valence electrons. The fraction of sp³-hybridized carbons (Fsp3) is 0.135. The summed E-state index contributed by atoms with van der Waals surface area (Å²) in [5.74, 6) is 0. The highest BCUT2D eigenvalue weighted by Gasteiger charge is 2.32. The fourth-order valence-electron chi connectivity index (χ4n) is 5.28. The number of rotatable bonds is 6. The molecule has 0 saturated heterocycles. The van der Waals surface area contributed by atoms with Gasteiger partial charge in [-0.25, -0.2) is 0 Å². The molecule has 0 aliphatic rings. The van der Waals surface area contributed by atoms with Crippen molar-refractivity contribution in [1.29, 1.82) is 0 Å². The Hall–Kier alpha value is -5.17. The molecule has 0 saturated carbocycles. The van der Waals surface area contributed by atoms with E-state index in [1.54, 1.807) is 24.5 Å². The van der Waals surface area contributed by atoms with Crippen molar-refractivity contribution in [3.8, 4) is 45.0 Å². The van der Waals surface area contributed by atoms with E-state index in [9.17, 15) is 13.2 Å². The lowest BCUT2D eigenvalue weighted by Crippen LogP contribution is -2.23. The number of alkyl halides is 3. The van der Waals surface area contributed by atoms with Crippen molar-refractivity contribution in [3.63, 3.8) is 0 Å². The molecule has 2 aromatic carbocycles. The van der Waals surface area contributed by atoms with Crippen molar-refractivity contribution in [2.24, 2.45) is 0 Å². The lowest BCUT2D eigenvalue weighted by atomic mass is 9.83. The van der Waals surface area contributed by atoms with E-state index in [2.05, 4.69) is 16.0 Å². The highest BCUT2D eigenvalue weighted by Crippen LogP contribution is 2.39. The van der Waals surface area contributed by atoms with Gasteiger partial charge in [-0.15, -0.1) is 0 Å². The lowest BCUT2D eigenvalue weighted by Gasteiger charge is -2.26. The van der Waals surface area contributed by atoms with Gasteiger partial charge in [0.25, 0.3) is 0 Å². The van der Waals surface area contributed by atoms with E-state index in [1.165, 1.54) is 6.07 Å². The predicted octanol–water partition coefficient (Wildman–Crippen LogP) is 9.59. The summed E-state index contributed by atoms with van der Waals surface area (Å²) in [6, 6.07) is 32.5. The number of nitrogens with zero attached hydrogens (tertiary/aromatic N) is 4. The molecule has 44 heavy (non-hydrogen) atoms. The first-order chi connectivity index (χ1) is 21.1. The van der Waals surface area contributed by atoms with Crippen molar-refractivity contribution in [2.75, 3.05) is 0 Å². The van der Waals surface area contributed by atoms with Crippen LogP contribution < -0.4 is 0 Å². The monoisotopic (exact) mass is 586 g/mol. The second-order valence-corrected chi connectivity index (χ2v) is 11.2. The summed E-state index contributed by atoms with van der Waals surface area (Å²) >= 11 is 0. The van der Waals surface area contributed by atoms with E-state index in [0.29, 0.717) is 28.2 Å². The highest BCUT2D eigenvalue weighted by molar-refractivity contribution is 5.81. The SMILES string of the molecule is Cc1cccc(-c2nc(C(C)(C)c3ccc(-c4ccccn4)c(-c4cccc(C(F)(F)F)c4)n3)ccc2-c2ccccn2)c1. The lowest BCUT2D eigenvalue weighted by molar-refractivity contribution is -0.137. The minimum Gasteiger partial charge on any atom is -0.256 e. The minimum absolute atomic E-state index is 0.358. The van der Waals surface area contributed by atoms with Gasteiger partial charge in [-0.3, -0.25) is 19.9 Å². The van der Waals surface area contributed by atoms with Gasteiger partial charge in [-0.1, -0.05) is 48.0 Å². The number of halogens is 3. The molecule has 4 heterocycles. The first-order valence-corrected chi connectivity index (χ1v) is 14.2. The molecule has 7 heteroatoms. The number of pyridine rings is 4. The molecule has 0 amide bonds. The van der Waals surface area contributed by atoms with Crippen LogP contribution in [-0.4, -0.2) is 19.9 Å². The van der Waals surface area contributed by atoms with Crippen LogP contribution in [-0.2, 0) is 11.6 Å². The summed E-state index contributed by atoms with van der Waals surface area (Å²) in [5, 5.41) is 0. The zero-order valence-electron chi connectivity index (χ0n) is 24.5. The molecule has 4 nitrogen and oxygen atoms in total. The van der Waals surface area contributed by atoms with Crippen LogP contribution >= 0.6 is 0 Å². The predicted molar refractivity (Wildman–Crippen MR) is 168 cm³/mol. The van der Waals surface area contributed by atoms with Gasteiger partial charge in [-0.05, 0) is 87.5 Å². The Morgan fingerprint density at radius 1 is 0.545 bits per heavy atom. The largest absolute Gasteiger partial charge is 0.416 e. The molecule has 4 aromatic heterocycles. The quantitative estimate of drug-likeness (QED) is 0.195. The van der Waals surface area contributed by atoms with Gasteiger partial charge in [0.2, 0.25) is 0 Å². The molecule has 0 aliphatic heterocycles. The van der Waals surface area contributed by atoms with Crippen molar-refractivity contribution in [1.82, 2.24) is 19.9 Å². The van der Waals surface area contributed by atoms with Gasteiger partial charge in [-0.2, -0.15) is 13.2 Å². The van der Waals surface area contributed by atoms with Gasteiger partial charge >= 0.3 is 6.18 Å². The molecule has 6 aromatic rings. The van der Waals surface area contributed by atoms with Crippen LogP contribution in [0.1, 0.15) is 36.4 Å². The maximum absolute atomic E-state index is 13.7. The standard InChI is InChI=1S/C37H29F3N4/c1-24-10-8-11-25(22-24)34-28(30-14-4-6-20-41-30)16-18-32(43-34)36(2,3)33-19-17-29(31-15-5-7-21-42-31)35(44-33)26-12-9-13-27(23-26)37(38,39)40/h4-23H,1-3H3. The summed E-state index contributed by atoms with van der Waals surface area (Å²) in [4.78, 5) is 19.3. The number of hydrogen-bond acceptors (Lipinski definition) is 4. The summed E-state index contributed by atoms with van der Waals surface area (Å²) in [5.41, 5.74) is 6.61. The second-order valence-electron chi connectivity index (χ2n) is 11.2. The van der Waals surface area contributed by atoms with E-state index in [-0.39, 0.29) is 0 Å². The van der Waals surface area contributed by atoms with Crippen LogP contribution in [0.4, 0.5) is 13.2 Å². The maximum atomic E-state index is 13.7. The van der Waals surface area contributed by atoms with Crippen LogP contribution in [0.3, 0.4) is 0 Å². The van der Waals surface area contributed by atoms with E-state index >= 15 is 0 Å².